The van der Waals surface area contributed by atoms with E-state index in [1.165, 1.54) is 0 Å². The number of carbonyl (C=O) groups excluding carboxylic acids is 1. The highest BCUT2D eigenvalue weighted by Gasteiger charge is 2.00. The van der Waals surface area contributed by atoms with Crippen LogP contribution in [0.4, 0.5) is 0 Å². The van der Waals surface area contributed by atoms with Crippen LogP contribution in [0.1, 0.15) is 28.8 Å². The van der Waals surface area contributed by atoms with E-state index in [-0.39, 0.29) is 5.91 Å². The lowest BCUT2D eigenvalue weighted by Crippen LogP contribution is -2.17. The summed E-state index contributed by atoms with van der Waals surface area (Å²) in [5, 5.41) is 3.29. The zero-order chi connectivity index (χ0) is 11.8. The predicted molar refractivity (Wildman–Crippen MR) is 65.0 cm³/mol. The van der Waals surface area contributed by atoms with Crippen molar-refractivity contribution in [3.63, 3.8) is 0 Å². The summed E-state index contributed by atoms with van der Waals surface area (Å²) in [5.74, 6) is -0.384. The van der Waals surface area contributed by atoms with Gasteiger partial charge in [0.05, 0.1) is 0 Å². The van der Waals surface area contributed by atoms with E-state index in [2.05, 4.69) is 5.32 Å². The average Bonchev–Trinajstić information content (AvgIpc) is 2.29. The number of nitrogens with one attached hydrogen (secondary N) is 1. The van der Waals surface area contributed by atoms with Crippen LogP contribution < -0.4 is 16.8 Å². The third-order valence-electron chi connectivity index (χ3n) is 2.35. The molecule has 1 aromatic rings. The van der Waals surface area contributed by atoms with Gasteiger partial charge in [-0.25, -0.2) is 0 Å². The molecule has 0 heterocycles. The molecule has 0 fully saturated rings. The summed E-state index contributed by atoms with van der Waals surface area (Å²) in [4.78, 5) is 11.0. The topological polar surface area (TPSA) is 81.1 Å². The first-order valence-corrected chi connectivity index (χ1v) is 5.53. The summed E-state index contributed by atoms with van der Waals surface area (Å²) in [6.07, 6.45) is 2.11. The molecule has 1 amide bonds. The van der Waals surface area contributed by atoms with Gasteiger partial charge in [-0.15, -0.1) is 0 Å². The van der Waals surface area contributed by atoms with Gasteiger partial charge in [-0.05, 0) is 43.6 Å². The molecule has 4 heteroatoms. The standard InChI is InChI=1S/C12H19N3O/c13-6-1-2-7-15-9-10-4-3-5-11(8-10)12(14)16/h3-5,8,15H,1-2,6-7,9,13H2,(H2,14,16). The second-order valence-corrected chi connectivity index (χ2v) is 3.74. The third-order valence-corrected chi connectivity index (χ3v) is 2.35. The van der Waals surface area contributed by atoms with E-state index in [1.54, 1.807) is 6.07 Å². The van der Waals surface area contributed by atoms with Crippen LogP contribution >= 0.6 is 0 Å². The maximum atomic E-state index is 11.0. The van der Waals surface area contributed by atoms with Gasteiger partial charge in [-0.3, -0.25) is 4.79 Å². The molecule has 0 aliphatic rings. The Bertz CT molecular complexity index is 339. The summed E-state index contributed by atoms with van der Waals surface area (Å²) in [6.45, 7) is 2.43. The van der Waals surface area contributed by atoms with Crippen molar-refractivity contribution in [1.29, 1.82) is 0 Å². The van der Waals surface area contributed by atoms with Gasteiger partial charge in [0.25, 0.3) is 0 Å². The SMILES string of the molecule is NCCCCNCc1cccc(C(N)=O)c1. The highest BCUT2D eigenvalue weighted by Crippen LogP contribution is 2.04. The van der Waals surface area contributed by atoms with Gasteiger partial charge < -0.3 is 16.8 Å². The van der Waals surface area contributed by atoms with Gasteiger partial charge in [0.15, 0.2) is 0 Å². The van der Waals surface area contributed by atoms with Gasteiger partial charge in [0, 0.05) is 12.1 Å². The average molecular weight is 221 g/mol. The van der Waals surface area contributed by atoms with Crippen molar-refractivity contribution in [1.82, 2.24) is 5.32 Å². The molecule has 0 radical (unpaired) electrons. The Morgan fingerprint density at radius 3 is 2.81 bits per heavy atom. The van der Waals surface area contributed by atoms with E-state index in [1.807, 2.05) is 18.2 Å². The molecule has 0 saturated heterocycles. The van der Waals surface area contributed by atoms with Crippen LogP contribution in [-0.4, -0.2) is 19.0 Å². The smallest absolute Gasteiger partial charge is 0.248 e. The second kappa shape index (κ2) is 6.98. The van der Waals surface area contributed by atoms with Crippen LogP contribution in [0.15, 0.2) is 24.3 Å². The summed E-state index contributed by atoms with van der Waals surface area (Å²) in [6, 6.07) is 7.36. The number of carbonyl (C=O) groups is 1. The van der Waals surface area contributed by atoms with E-state index in [9.17, 15) is 4.79 Å². The fourth-order valence-electron chi connectivity index (χ4n) is 1.46. The Hall–Kier alpha value is -1.39. The van der Waals surface area contributed by atoms with E-state index >= 15 is 0 Å². The minimum absolute atomic E-state index is 0.384. The second-order valence-electron chi connectivity index (χ2n) is 3.74. The Labute approximate surface area is 96.0 Å². The van der Waals surface area contributed by atoms with Crippen LogP contribution in [0.2, 0.25) is 0 Å². The number of hydrogen-bond donors (Lipinski definition) is 3. The Morgan fingerprint density at radius 1 is 1.31 bits per heavy atom. The molecule has 1 aromatic carbocycles. The Kier molecular flexibility index (Phi) is 5.53. The number of rotatable bonds is 7. The fraction of sp³-hybridized carbons (Fsp3) is 0.417. The van der Waals surface area contributed by atoms with E-state index in [0.717, 1.165) is 38.0 Å². The van der Waals surface area contributed by atoms with Gasteiger partial charge in [0.2, 0.25) is 5.91 Å². The summed E-state index contributed by atoms with van der Waals surface area (Å²) < 4.78 is 0. The minimum atomic E-state index is -0.384. The molecule has 0 spiro atoms. The molecule has 5 N–H and O–H groups in total. The molecule has 0 aliphatic carbocycles. The van der Waals surface area contributed by atoms with Crippen LogP contribution in [0.5, 0.6) is 0 Å². The van der Waals surface area contributed by atoms with Crippen molar-refractivity contribution in [2.24, 2.45) is 11.5 Å². The number of nitrogens with two attached hydrogens (primary N) is 2. The van der Waals surface area contributed by atoms with Gasteiger partial charge >= 0.3 is 0 Å². The highest BCUT2D eigenvalue weighted by atomic mass is 16.1. The molecule has 0 unspecified atom stereocenters. The summed E-state index contributed by atoms with van der Waals surface area (Å²) >= 11 is 0. The maximum absolute atomic E-state index is 11.0. The first-order chi connectivity index (χ1) is 7.74. The van der Waals surface area contributed by atoms with E-state index in [0.29, 0.717) is 5.56 Å². The quantitative estimate of drug-likeness (QED) is 0.590. The number of unbranched alkanes of at least 4 members (excludes halogenated alkanes) is 1. The van der Waals surface area contributed by atoms with Crippen molar-refractivity contribution >= 4 is 5.91 Å². The first kappa shape index (κ1) is 12.7. The highest BCUT2D eigenvalue weighted by molar-refractivity contribution is 5.92. The largest absolute Gasteiger partial charge is 0.366 e. The lowest BCUT2D eigenvalue weighted by molar-refractivity contribution is 0.1000. The summed E-state index contributed by atoms with van der Waals surface area (Å²) in [7, 11) is 0. The molecule has 0 atom stereocenters. The molecular weight excluding hydrogens is 202 g/mol. The van der Waals surface area contributed by atoms with Crippen LogP contribution in [-0.2, 0) is 6.54 Å². The molecular formula is C12H19N3O. The van der Waals surface area contributed by atoms with Crippen molar-refractivity contribution < 1.29 is 4.79 Å². The summed E-state index contributed by atoms with van der Waals surface area (Å²) in [5.41, 5.74) is 12.2. The molecule has 1 rings (SSSR count). The molecule has 0 aromatic heterocycles. The predicted octanol–water partition coefficient (Wildman–Crippen LogP) is 0.614. The Morgan fingerprint density at radius 2 is 2.12 bits per heavy atom. The molecule has 0 aliphatic heterocycles. The van der Waals surface area contributed by atoms with Crippen LogP contribution in [0.3, 0.4) is 0 Å². The van der Waals surface area contributed by atoms with Gasteiger partial charge in [0.1, 0.15) is 0 Å². The number of hydrogen-bond acceptors (Lipinski definition) is 3. The Balaban J connectivity index is 2.36. The van der Waals surface area contributed by atoms with Crippen LogP contribution in [0, 0.1) is 0 Å². The number of primary amides is 1. The van der Waals surface area contributed by atoms with Gasteiger partial charge in [-0.2, -0.15) is 0 Å². The van der Waals surface area contributed by atoms with Crippen molar-refractivity contribution in [3.8, 4) is 0 Å². The molecule has 0 bridgehead atoms. The fourth-order valence-corrected chi connectivity index (χ4v) is 1.46. The molecule has 0 saturated carbocycles. The van der Waals surface area contributed by atoms with Crippen molar-refractivity contribution in [3.05, 3.63) is 35.4 Å². The zero-order valence-corrected chi connectivity index (χ0v) is 9.41. The normalized spacial score (nSPS) is 10.3. The third kappa shape index (κ3) is 4.42. The van der Waals surface area contributed by atoms with Crippen molar-refractivity contribution in [2.75, 3.05) is 13.1 Å². The molecule has 16 heavy (non-hydrogen) atoms. The first-order valence-electron chi connectivity index (χ1n) is 5.53. The number of amides is 1. The molecule has 4 nitrogen and oxygen atoms in total. The molecule has 88 valence electrons. The minimum Gasteiger partial charge on any atom is -0.366 e. The van der Waals surface area contributed by atoms with Crippen molar-refractivity contribution in [2.45, 2.75) is 19.4 Å². The zero-order valence-electron chi connectivity index (χ0n) is 9.41. The van der Waals surface area contributed by atoms with Gasteiger partial charge in [-0.1, -0.05) is 12.1 Å². The lowest BCUT2D eigenvalue weighted by Gasteiger charge is -2.05. The monoisotopic (exact) mass is 221 g/mol. The van der Waals surface area contributed by atoms with E-state index < -0.39 is 0 Å². The lowest BCUT2D eigenvalue weighted by atomic mass is 10.1. The maximum Gasteiger partial charge on any atom is 0.248 e. The van der Waals surface area contributed by atoms with E-state index in [4.69, 9.17) is 11.5 Å². The van der Waals surface area contributed by atoms with Crippen LogP contribution in [0.25, 0.3) is 0 Å². The number of benzene rings is 1.